The number of aromatic nitrogens is 2. The van der Waals surface area contributed by atoms with Crippen molar-refractivity contribution in [3.63, 3.8) is 0 Å². The Morgan fingerprint density at radius 3 is 2.58 bits per heavy atom. The normalized spacial score (nSPS) is 10.2. The number of nitrogens with zero attached hydrogens (tertiary/aromatic N) is 2. The second-order valence-corrected chi connectivity index (χ2v) is 3.93. The molecule has 6 nitrogen and oxygen atoms in total. The number of nitrogen functional groups attached to an aromatic ring is 1. The van der Waals surface area contributed by atoms with Crippen molar-refractivity contribution < 1.29 is 14.3 Å². The molecule has 1 heterocycles. The molecule has 0 unspecified atom stereocenters. The van der Waals surface area contributed by atoms with Crippen LogP contribution in [0, 0.1) is 0 Å². The Kier molecular flexibility index (Phi) is 3.70. The van der Waals surface area contributed by atoms with Crippen molar-refractivity contribution in [1.82, 2.24) is 9.55 Å². The third-order valence-corrected chi connectivity index (χ3v) is 2.78. The van der Waals surface area contributed by atoms with E-state index in [1.165, 1.54) is 13.3 Å². The summed E-state index contributed by atoms with van der Waals surface area (Å²) in [6, 6.07) is 7.50. The van der Waals surface area contributed by atoms with Gasteiger partial charge in [0, 0.05) is 0 Å². The first-order chi connectivity index (χ1) is 9.15. The first-order valence-electron chi connectivity index (χ1n) is 5.68. The highest BCUT2D eigenvalue weighted by molar-refractivity contribution is 5.87. The molecule has 0 fully saturated rings. The molecule has 0 atom stereocenters. The molecular weight excluding hydrogens is 246 g/mol. The summed E-state index contributed by atoms with van der Waals surface area (Å²) in [6.07, 6.45) is 1.41. The van der Waals surface area contributed by atoms with Crippen molar-refractivity contribution in [3.05, 3.63) is 41.7 Å². The topological polar surface area (TPSA) is 79.4 Å². The number of methoxy groups -OCH3 is 2. The van der Waals surface area contributed by atoms with Crippen LogP contribution < -0.4 is 10.5 Å². The molecule has 1 aromatic heterocycles. The Bertz CT molecular complexity index is 575. The Morgan fingerprint density at radius 2 is 2.00 bits per heavy atom. The lowest BCUT2D eigenvalue weighted by atomic mass is 10.2. The van der Waals surface area contributed by atoms with Crippen LogP contribution in [0.5, 0.6) is 5.75 Å². The Labute approximate surface area is 110 Å². The van der Waals surface area contributed by atoms with E-state index in [4.69, 9.17) is 10.5 Å². The van der Waals surface area contributed by atoms with E-state index in [0.29, 0.717) is 12.2 Å². The molecule has 0 amide bonds. The van der Waals surface area contributed by atoms with Crippen molar-refractivity contribution in [1.29, 1.82) is 0 Å². The number of benzene rings is 1. The standard InChI is InChI=1S/C13H15N3O3/c1-18-10-5-3-9(4-6-10)8-16-11(12(17)19-2)7-15-13(16)14/h3-7H,8H2,1-2H3,(H2,14,15). The zero-order valence-corrected chi connectivity index (χ0v) is 10.8. The average Bonchev–Trinajstić information content (AvgIpc) is 2.80. The van der Waals surface area contributed by atoms with Gasteiger partial charge in [-0.15, -0.1) is 0 Å². The molecule has 19 heavy (non-hydrogen) atoms. The lowest BCUT2D eigenvalue weighted by Gasteiger charge is -2.09. The Hall–Kier alpha value is -2.50. The van der Waals surface area contributed by atoms with E-state index >= 15 is 0 Å². The monoisotopic (exact) mass is 261 g/mol. The second-order valence-electron chi connectivity index (χ2n) is 3.93. The summed E-state index contributed by atoms with van der Waals surface area (Å²) in [4.78, 5) is 15.5. The van der Waals surface area contributed by atoms with Crippen LogP contribution in [0.15, 0.2) is 30.5 Å². The number of carbonyl (C=O) groups is 1. The van der Waals surface area contributed by atoms with E-state index < -0.39 is 5.97 Å². The zero-order valence-electron chi connectivity index (χ0n) is 10.8. The molecule has 2 N–H and O–H groups in total. The van der Waals surface area contributed by atoms with Crippen molar-refractivity contribution in [2.45, 2.75) is 6.54 Å². The third kappa shape index (κ3) is 2.67. The van der Waals surface area contributed by atoms with Crippen LogP contribution in [0.1, 0.15) is 16.1 Å². The maximum atomic E-state index is 11.6. The van der Waals surface area contributed by atoms with Gasteiger partial charge in [0.25, 0.3) is 0 Å². The van der Waals surface area contributed by atoms with Gasteiger partial charge in [-0.3, -0.25) is 0 Å². The number of esters is 1. The minimum Gasteiger partial charge on any atom is -0.497 e. The molecule has 0 aliphatic rings. The number of imidazole rings is 1. The highest BCUT2D eigenvalue weighted by Gasteiger charge is 2.15. The van der Waals surface area contributed by atoms with E-state index in [0.717, 1.165) is 11.3 Å². The number of hydrogen-bond donors (Lipinski definition) is 1. The van der Waals surface area contributed by atoms with Crippen LogP contribution >= 0.6 is 0 Å². The van der Waals surface area contributed by atoms with E-state index in [1.807, 2.05) is 24.3 Å². The summed E-state index contributed by atoms with van der Waals surface area (Å²) in [5, 5.41) is 0. The Morgan fingerprint density at radius 1 is 1.32 bits per heavy atom. The van der Waals surface area contributed by atoms with Gasteiger partial charge in [-0.25, -0.2) is 9.78 Å². The van der Waals surface area contributed by atoms with Gasteiger partial charge >= 0.3 is 5.97 Å². The van der Waals surface area contributed by atoms with Crippen LogP contribution in [0.25, 0.3) is 0 Å². The fourth-order valence-corrected chi connectivity index (χ4v) is 1.74. The molecular formula is C13H15N3O3. The number of ether oxygens (including phenoxy) is 2. The summed E-state index contributed by atoms with van der Waals surface area (Å²) in [5.74, 6) is 0.587. The minimum atomic E-state index is -0.460. The largest absolute Gasteiger partial charge is 0.497 e. The van der Waals surface area contributed by atoms with E-state index in [1.54, 1.807) is 11.7 Å². The van der Waals surface area contributed by atoms with Crippen molar-refractivity contribution in [3.8, 4) is 5.75 Å². The molecule has 0 aliphatic carbocycles. The van der Waals surface area contributed by atoms with Crippen LogP contribution in [0.4, 0.5) is 5.95 Å². The van der Waals surface area contributed by atoms with Gasteiger partial charge in [0.1, 0.15) is 11.4 Å². The molecule has 100 valence electrons. The summed E-state index contributed by atoms with van der Waals surface area (Å²) in [5.41, 5.74) is 7.07. The quantitative estimate of drug-likeness (QED) is 0.839. The van der Waals surface area contributed by atoms with Gasteiger partial charge in [-0.05, 0) is 17.7 Å². The number of nitrogens with two attached hydrogens (primary N) is 1. The number of anilines is 1. The SMILES string of the molecule is COC(=O)c1cnc(N)n1Cc1ccc(OC)cc1. The number of rotatable bonds is 4. The van der Waals surface area contributed by atoms with Gasteiger partial charge in [-0.1, -0.05) is 12.1 Å². The van der Waals surface area contributed by atoms with E-state index in [-0.39, 0.29) is 5.95 Å². The first-order valence-corrected chi connectivity index (χ1v) is 5.68. The molecule has 0 aliphatic heterocycles. The molecule has 0 bridgehead atoms. The van der Waals surface area contributed by atoms with Crippen LogP contribution in [0.2, 0.25) is 0 Å². The predicted octanol–water partition coefficient (Wildman–Crippen LogP) is 1.31. The lowest BCUT2D eigenvalue weighted by Crippen LogP contribution is -2.13. The van der Waals surface area contributed by atoms with Gasteiger partial charge < -0.3 is 19.8 Å². The molecule has 0 saturated heterocycles. The fourth-order valence-electron chi connectivity index (χ4n) is 1.74. The smallest absolute Gasteiger partial charge is 0.356 e. The zero-order chi connectivity index (χ0) is 13.8. The maximum Gasteiger partial charge on any atom is 0.356 e. The van der Waals surface area contributed by atoms with Crippen LogP contribution in [0.3, 0.4) is 0 Å². The summed E-state index contributed by atoms with van der Waals surface area (Å²) in [7, 11) is 2.93. The summed E-state index contributed by atoms with van der Waals surface area (Å²) >= 11 is 0. The summed E-state index contributed by atoms with van der Waals surface area (Å²) in [6.45, 7) is 0.445. The molecule has 6 heteroatoms. The van der Waals surface area contributed by atoms with Gasteiger partial charge in [0.2, 0.25) is 5.95 Å². The van der Waals surface area contributed by atoms with Crippen molar-refractivity contribution >= 4 is 11.9 Å². The predicted molar refractivity (Wildman–Crippen MR) is 70.1 cm³/mol. The Balaban J connectivity index is 2.27. The van der Waals surface area contributed by atoms with E-state index in [9.17, 15) is 4.79 Å². The van der Waals surface area contributed by atoms with Gasteiger partial charge in [0.15, 0.2) is 0 Å². The summed E-state index contributed by atoms with van der Waals surface area (Å²) < 4.78 is 11.4. The molecule has 0 radical (unpaired) electrons. The lowest BCUT2D eigenvalue weighted by molar-refractivity contribution is 0.0589. The van der Waals surface area contributed by atoms with Crippen molar-refractivity contribution in [2.24, 2.45) is 0 Å². The molecule has 0 spiro atoms. The number of hydrogen-bond acceptors (Lipinski definition) is 5. The van der Waals surface area contributed by atoms with Crippen LogP contribution in [-0.2, 0) is 11.3 Å². The maximum absolute atomic E-state index is 11.6. The first kappa shape index (κ1) is 12.9. The van der Waals surface area contributed by atoms with Crippen LogP contribution in [-0.4, -0.2) is 29.7 Å². The second kappa shape index (κ2) is 5.43. The van der Waals surface area contributed by atoms with Gasteiger partial charge in [-0.2, -0.15) is 0 Å². The van der Waals surface area contributed by atoms with Gasteiger partial charge in [0.05, 0.1) is 27.0 Å². The van der Waals surface area contributed by atoms with Crippen molar-refractivity contribution in [2.75, 3.05) is 20.0 Å². The third-order valence-electron chi connectivity index (χ3n) is 2.78. The average molecular weight is 261 g/mol. The number of carbonyl (C=O) groups excluding carboxylic acids is 1. The fraction of sp³-hybridized carbons (Fsp3) is 0.231. The highest BCUT2D eigenvalue weighted by Crippen LogP contribution is 2.15. The minimum absolute atomic E-state index is 0.274. The van der Waals surface area contributed by atoms with E-state index in [2.05, 4.69) is 9.72 Å². The molecule has 2 rings (SSSR count). The molecule has 1 aromatic carbocycles. The molecule has 2 aromatic rings. The molecule has 0 saturated carbocycles. The highest BCUT2D eigenvalue weighted by atomic mass is 16.5.